The minimum Gasteiger partial charge on any atom is -0.489 e. The van der Waals surface area contributed by atoms with E-state index in [1.54, 1.807) is 6.07 Å². The van der Waals surface area contributed by atoms with Crippen LogP contribution in [0.5, 0.6) is 5.75 Å². The third-order valence-corrected chi connectivity index (χ3v) is 8.54. The molecule has 1 aliphatic rings. The first-order chi connectivity index (χ1) is 22.4. The summed E-state index contributed by atoms with van der Waals surface area (Å²) in [6.07, 6.45) is 4.88. The van der Waals surface area contributed by atoms with Gasteiger partial charge in [0.05, 0.1) is 0 Å². The molecule has 0 amide bonds. The van der Waals surface area contributed by atoms with Crippen LogP contribution in [0, 0.1) is 0 Å². The van der Waals surface area contributed by atoms with Gasteiger partial charge in [-0.2, -0.15) is 0 Å². The minimum atomic E-state index is -1.02. The lowest BCUT2D eigenvalue weighted by Crippen LogP contribution is -2.34. The monoisotopic (exact) mass is 619 g/mol. The average molecular weight is 620 g/mol. The maximum atomic E-state index is 11.5. The molecule has 0 aliphatic heterocycles. The molecule has 2 N–H and O–H groups in total. The highest BCUT2D eigenvalue weighted by atomic mass is 16.5. The van der Waals surface area contributed by atoms with E-state index >= 15 is 0 Å². The predicted octanol–water partition coefficient (Wildman–Crippen LogP) is 7.34. The van der Waals surface area contributed by atoms with Gasteiger partial charge in [0.1, 0.15) is 23.6 Å². The van der Waals surface area contributed by atoms with Crippen LogP contribution in [0.25, 0.3) is 22.6 Å². The highest BCUT2D eigenvalue weighted by molar-refractivity contribution is 5.85. The first-order valence-corrected chi connectivity index (χ1v) is 15.8. The summed E-state index contributed by atoms with van der Waals surface area (Å²) in [6.45, 7) is 1.91. The zero-order valence-electron chi connectivity index (χ0n) is 25.6. The molecule has 0 saturated heterocycles. The van der Waals surface area contributed by atoms with E-state index in [0.29, 0.717) is 18.9 Å². The average Bonchev–Trinajstić information content (AvgIpc) is 3.51. The number of pyridine rings is 1. The lowest BCUT2D eigenvalue weighted by Gasteiger charge is -2.36. The van der Waals surface area contributed by atoms with Gasteiger partial charge in [0.25, 0.3) is 0 Å². The van der Waals surface area contributed by atoms with Crippen LogP contribution in [-0.4, -0.2) is 50.1 Å². The van der Waals surface area contributed by atoms with Crippen molar-refractivity contribution in [1.82, 2.24) is 14.9 Å². The summed E-state index contributed by atoms with van der Waals surface area (Å²) < 4.78 is 12.2. The Hall–Kier alpha value is -5.02. The number of benzene rings is 3. The van der Waals surface area contributed by atoms with Crippen molar-refractivity contribution in [2.75, 3.05) is 13.1 Å². The molecule has 1 unspecified atom stereocenters. The molecule has 2 aromatic heterocycles. The Labute approximate surface area is 267 Å². The molecule has 1 atom stereocenters. The second-order valence-corrected chi connectivity index (χ2v) is 11.7. The lowest BCUT2D eigenvalue weighted by atomic mass is 9.89. The first-order valence-electron chi connectivity index (χ1n) is 15.8. The van der Waals surface area contributed by atoms with Crippen molar-refractivity contribution >= 4 is 23.0 Å². The van der Waals surface area contributed by atoms with Crippen LogP contribution < -0.4 is 4.74 Å². The van der Waals surface area contributed by atoms with Crippen LogP contribution in [-0.2, 0) is 24.2 Å². The van der Waals surface area contributed by atoms with E-state index in [2.05, 4.69) is 20.9 Å². The normalized spacial score (nSPS) is 14.3. The number of hydrogen-bond acceptors (Lipinski definition) is 7. The number of aliphatic carboxylic acids is 1. The van der Waals surface area contributed by atoms with Crippen LogP contribution in [0.4, 0.5) is 0 Å². The maximum Gasteiger partial charge on any atom is 0.354 e. The highest BCUT2D eigenvalue weighted by Gasteiger charge is 2.27. The molecule has 0 bridgehead atoms. The molecule has 0 spiro atoms. The predicted molar refractivity (Wildman–Crippen MR) is 174 cm³/mol. The van der Waals surface area contributed by atoms with Crippen molar-refractivity contribution in [3.63, 3.8) is 0 Å². The summed E-state index contributed by atoms with van der Waals surface area (Å²) in [5.74, 6) is -0.392. The van der Waals surface area contributed by atoms with Gasteiger partial charge in [-0.3, -0.25) is 9.69 Å². The van der Waals surface area contributed by atoms with Gasteiger partial charge in [-0.25, -0.2) is 14.8 Å². The number of aromatic nitrogens is 2. The van der Waals surface area contributed by atoms with Gasteiger partial charge in [-0.15, -0.1) is 0 Å². The molecule has 0 fully saturated rings. The number of carboxylic acid groups (broad SMARTS) is 2. The number of fused-ring (bicyclic) bond motifs is 2. The van der Waals surface area contributed by atoms with E-state index in [-0.39, 0.29) is 18.2 Å². The Morgan fingerprint density at radius 3 is 2.50 bits per heavy atom. The number of nitrogens with zero attached hydrogens (tertiary/aromatic N) is 3. The summed E-state index contributed by atoms with van der Waals surface area (Å²) in [4.78, 5) is 34.1. The van der Waals surface area contributed by atoms with Crippen molar-refractivity contribution in [2.24, 2.45) is 0 Å². The molecule has 9 heteroatoms. The van der Waals surface area contributed by atoms with E-state index < -0.39 is 11.9 Å². The van der Waals surface area contributed by atoms with Crippen LogP contribution in [0.2, 0.25) is 0 Å². The molecule has 6 rings (SSSR count). The van der Waals surface area contributed by atoms with Crippen LogP contribution in [0.1, 0.15) is 71.0 Å². The van der Waals surface area contributed by atoms with E-state index in [1.165, 1.54) is 0 Å². The summed E-state index contributed by atoms with van der Waals surface area (Å²) in [6, 6.07) is 27.4. The van der Waals surface area contributed by atoms with Crippen molar-refractivity contribution < 1.29 is 29.0 Å². The molecule has 9 nitrogen and oxygen atoms in total. The molecule has 0 saturated carbocycles. The van der Waals surface area contributed by atoms with Gasteiger partial charge in [-0.05, 0) is 98.2 Å². The number of hydrogen-bond donors (Lipinski definition) is 2. The van der Waals surface area contributed by atoms with Gasteiger partial charge in [0.15, 0.2) is 5.58 Å². The third kappa shape index (κ3) is 7.43. The fourth-order valence-electron chi connectivity index (χ4n) is 6.16. The third-order valence-electron chi connectivity index (χ3n) is 8.54. The smallest absolute Gasteiger partial charge is 0.354 e. The lowest BCUT2D eigenvalue weighted by molar-refractivity contribution is -0.137. The number of ether oxygens (including phenoxy) is 1. The van der Waals surface area contributed by atoms with E-state index in [4.69, 9.17) is 14.3 Å². The SMILES string of the molecule is O=C(O)CCCCN(CCc1ccccc1OCc1ccc(-c2nc3ccccc3o2)cc1)C1CCCc2nc(C(=O)O)ccc21. The van der Waals surface area contributed by atoms with Crippen molar-refractivity contribution in [3.8, 4) is 17.2 Å². The Bertz CT molecular complexity index is 1780. The Morgan fingerprint density at radius 1 is 0.891 bits per heavy atom. The molecular weight excluding hydrogens is 582 g/mol. The quantitative estimate of drug-likeness (QED) is 0.123. The Kier molecular flexibility index (Phi) is 9.69. The van der Waals surface area contributed by atoms with Crippen LogP contribution >= 0.6 is 0 Å². The second kappa shape index (κ2) is 14.4. The zero-order chi connectivity index (χ0) is 31.9. The molecular formula is C37H37N3O6. The molecule has 236 valence electrons. The number of carbonyl (C=O) groups is 2. The summed E-state index contributed by atoms with van der Waals surface area (Å²) >= 11 is 0. The van der Waals surface area contributed by atoms with E-state index in [1.807, 2.05) is 72.8 Å². The molecule has 0 radical (unpaired) electrons. The van der Waals surface area contributed by atoms with Crippen molar-refractivity contribution in [3.05, 3.63) is 113 Å². The van der Waals surface area contributed by atoms with Gasteiger partial charge < -0.3 is 19.4 Å². The minimum absolute atomic E-state index is 0.0688. The standard InChI is InChI=1S/C37H37N3O6/c41-35(42)14-5-6-22-40(32-11-7-10-29-28(32)19-20-31(38-29)37(43)44)23-21-26-8-1-3-12-33(26)45-24-25-15-17-27(18-16-25)36-39-30-9-2-4-13-34(30)46-36/h1-4,8-9,12-13,15-20,32H,5-7,10-11,14,21-24H2,(H,41,42)(H,43,44). The number of para-hydroxylation sites is 3. The number of carboxylic acids is 2. The first kappa shape index (κ1) is 31.0. The number of unbranched alkanes of at least 4 members (excludes halogenated alkanes) is 1. The summed E-state index contributed by atoms with van der Waals surface area (Å²) in [5.41, 5.74) is 6.60. The zero-order valence-corrected chi connectivity index (χ0v) is 25.6. The van der Waals surface area contributed by atoms with Crippen molar-refractivity contribution in [1.29, 1.82) is 0 Å². The fourth-order valence-corrected chi connectivity index (χ4v) is 6.16. The largest absolute Gasteiger partial charge is 0.489 e. The maximum absolute atomic E-state index is 11.5. The summed E-state index contributed by atoms with van der Waals surface area (Å²) in [7, 11) is 0. The number of rotatable bonds is 14. The van der Waals surface area contributed by atoms with Gasteiger partial charge in [0, 0.05) is 30.3 Å². The van der Waals surface area contributed by atoms with E-state index in [0.717, 1.165) is 90.0 Å². The fraction of sp³-hybridized carbons (Fsp3) is 0.297. The Balaban J connectivity index is 1.13. The van der Waals surface area contributed by atoms with Gasteiger partial charge >= 0.3 is 11.9 Å². The van der Waals surface area contributed by atoms with Crippen molar-refractivity contribution in [2.45, 2.75) is 57.6 Å². The Morgan fingerprint density at radius 2 is 1.70 bits per heavy atom. The second-order valence-electron chi connectivity index (χ2n) is 11.7. The van der Waals surface area contributed by atoms with E-state index in [9.17, 15) is 14.7 Å². The van der Waals surface area contributed by atoms with Gasteiger partial charge in [-0.1, -0.05) is 48.5 Å². The molecule has 3 aromatic carbocycles. The molecule has 5 aromatic rings. The molecule has 1 aliphatic carbocycles. The summed E-state index contributed by atoms with van der Waals surface area (Å²) in [5, 5.41) is 18.6. The molecule has 2 heterocycles. The van der Waals surface area contributed by atoms with Gasteiger partial charge in [0.2, 0.25) is 5.89 Å². The molecule has 46 heavy (non-hydrogen) atoms. The number of aryl methyl sites for hydroxylation is 1. The number of aromatic carboxylic acids is 1. The number of oxazole rings is 1. The highest BCUT2D eigenvalue weighted by Crippen LogP contribution is 2.35. The topological polar surface area (TPSA) is 126 Å². The van der Waals surface area contributed by atoms with Crippen LogP contribution in [0.15, 0.2) is 89.3 Å². The van der Waals surface area contributed by atoms with Crippen LogP contribution in [0.3, 0.4) is 0 Å².